The topological polar surface area (TPSA) is 63.3 Å². The van der Waals surface area contributed by atoms with Gasteiger partial charge in [-0.05, 0) is 49.2 Å². The molecule has 0 radical (unpaired) electrons. The van der Waals surface area contributed by atoms with Crippen LogP contribution >= 0.6 is 0 Å². The number of carbonyl (C=O) groups is 1. The Bertz CT molecular complexity index is 996. The van der Waals surface area contributed by atoms with E-state index in [1.54, 1.807) is 30.3 Å². The van der Waals surface area contributed by atoms with E-state index in [1.165, 1.54) is 19.2 Å². The average molecular weight is 392 g/mol. The molecule has 0 fully saturated rings. The molecule has 0 aliphatic rings. The smallest absolute Gasteiger partial charge is 0.496 e. The molecule has 0 spiro atoms. The summed E-state index contributed by atoms with van der Waals surface area (Å²) < 4.78 is 46.6. The number of hydrogen-bond donors (Lipinski definition) is 2. The number of hydrogen-bond acceptors (Lipinski definition) is 3. The number of alkyl halides is 3. The molecular weight excluding hydrogens is 373 g/mol. The molecule has 0 saturated heterocycles. The number of rotatable bonds is 6. The molecule has 0 saturated carbocycles. The highest BCUT2D eigenvalue weighted by molar-refractivity contribution is 5.97. The van der Waals surface area contributed by atoms with Gasteiger partial charge in [-0.25, -0.2) is 0 Å². The third kappa shape index (κ3) is 4.39. The first-order valence-corrected chi connectivity index (χ1v) is 8.56. The van der Waals surface area contributed by atoms with Crippen molar-refractivity contribution in [3.63, 3.8) is 0 Å². The molecule has 0 aliphatic carbocycles. The lowest BCUT2D eigenvalue weighted by Crippen LogP contribution is -2.26. The van der Waals surface area contributed by atoms with E-state index in [1.807, 2.05) is 6.92 Å². The van der Waals surface area contributed by atoms with E-state index < -0.39 is 6.36 Å². The van der Waals surface area contributed by atoms with Crippen molar-refractivity contribution < 1.29 is 27.4 Å². The van der Waals surface area contributed by atoms with Crippen LogP contribution in [0.2, 0.25) is 0 Å². The highest BCUT2D eigenvalue weighted by atomic mass is 19.4. The molecule has 3 aromatic rings. The van der Waals surface area contributed by atoms with Crippen LogP contribution in [0.5, 0.6) is 11.5 Å². The first kappa shape index (κ1) is 19.6. The maximum Gasteiger partial charge on any atom is 0.573 e. The lowest BCUT2D eigenvalue weighted by molar-refractivity contribution is -0.274. The second-order valence-corrected chi connectivity index (χ2v) is 6.19. The largest absolute Gasteiger partial charge is 0.573 e. The fraction of sp³-hybridized carbons (Fsp3) is 0.250. The molecule has 5 nitrogen and oxygen atoms in total. The second kappa shape index (κ2) is 7.84. The Balaban J connectivity index is 1.74. The predicted molar refractivity (Wildman–Crippen MR) is 98.7 cm³/mol. The molecule has 1 heterocycles. The van der Waals surface area contributed by atoms with Gasteiger partial charge in [0.15, 0.2) is 0 Å². The van der Waals surface area contributed by atoms with Crippen LogP contribution < -0.4 is 14.8 Å². The fourth-order valence-corrected chi connectivity index (χ4v) is 3.11. The fourth-order valence-electron chi connectivity index (χ4n) is 3.11. The molecule has 0 bridgehead atoms. The van der Waals surface area contributed by atoms with E-state index in [4.69, 9.17) is 4.74 Å². The van der Waals surface area contributed by atoms with Crippen molar-refractivity contribution >= 4 is 16.8 Å². The maximum absolute atomic E-state index is 12.5. The van der Waals surface area contributed by atoms with Crippen LogP contribution in [0.15, 0.2) is 42.5 Å². The molecule has 1 amide bonds. The number of nitrogens with one attached hydrogen (secondary N) is 2. The first-order chi connectivity index (χ1) is 13.3. The van der Waals surface area contributed by atoms with Crippen LogP contribution in [0.4, 0.5) is 13.2 Å². The number of fused-ring (bicyclic) bond motifs is 1. The Morgan fingerprint density at radius 1 is 1.18 bits per heavy atom. The minimum atomic E-state index is -4.75. The number of ether oxygens (including phenoxy) is 2. The Hall–Kier alpha value is -3.16. The van der Waals surface area contributed by atoms with Crippen molar-refractivity contribution in [2.24, 2.45) is 0 Å². The van der Waals surface area contributed by atoms with Crippen LogP contribution in [-0.2, 0) is 6.42 Å². The van der Waals surface area contributed by atoms with Gasteiger partial charge >= 0.3 is 6.36 Å². The van der Waals surface area contributed by atoms with Crippen LogP contribution in [0.3, 0.4) is 0 Å². The van der Waals surface area contributed by atoms with Crippen molar-refractivity contribution in [2.45, 2.75) is 19.7 Å². The van der Waals surface area contributed by atoms with Gasteiger partial charge in [0.05, 0.1) is 12.7 Å². The Morgan fingerprint density at radius 2 is 1.93 bits per heavy atom. The second-order valence-electron chi connectivity index (χ2n) is 6.19. The molecule has 3 rings (SSSR count). The van der Waals surface area contributed by atoms with Crippen molar-refractivity contribution in [2.75, 3.05) is 13.7 Å². The summed E-state index contributed by atoms with van der Waals surface area (Å²) in [4.78, 5) is 15.5. The molecule has 1 aromatic heterocycles. The van der Waals surface area contributed by atoms with E-state index in [9.17, 15) is 18.0 Å². The highest BCUT2D eigenvalue weighted by Gasteiger charge is 2.31. The summed E-state index contributed by atoms with van der Waals surface area (Å²) in [5.74, 6) is -0.0911. The number of carbonyl (C=O) groups excluding carboxylic acids is 1. The van der Waals surface area contributed by atoms with E-state index >= 15 is 0 Å². The zero-order valence-corrected chi connectivity index (χ0v) is 15.3. The average Bonchev–Trinajstić information content (AvgIpc) is 2.95. The number of para-hydroxylation sites is 1. The van der Waals surface area contributed by atoms with Gasteiger partial charge in [-0.3, -0.25) is 4.79 Å². The predicted octanol–water partition coefficient (Wildman–Crippen LogP) is 4.36. The third-order valence-corrected chi connectivity index (χ3v) is 4.34. The van der Waals surface area contributed by atoms with Gasteiger partial charge < -0.3 is 19.8 Å². The van der Waals surface area contributed by atoms with Crippen molar-refractivity contribution in [1.82, 2.24) is 10.3 Å². The molecule has 148 valence electrons. The van der Waals surface area contributed by atoms with Gasteiger partial charge in [-0.15, -0.1) is 13.2 Å². The number of aryl methyl sites for hydroxylation is 1. The Labute approximate surface area is 159 Å². The third-order valence-electron chi connectivity index (χ3n) is 4.34. The number of benzene rings is 2. The quantitative estimate of drug-likeness (QED) is 0.655. The van der Waals surface area contributed by atoms with Gasteiger partial charge in [0.2, 0.25) is 0 Å². The number of amides is 1. The molecule has 28 heavy (non-hydrogen) atoms. The van der Waals surface area contributed by atoms with Gasteiger partial charge in [-0.2, -0.15) is 0 Å². The van der Waals surface area contributed by atoms with Gasteiger partial charge in [0.1, 0.15) is 11.5 Å². The molecule has 8 heteroatoms. The van der Waals surface area contributed by atoms with E-state index in [2.05, 4.69) is 15.0 Å². The zero-order chi connectivity index (χ0) is 20.3. The van der Waals surface area contributed by atoms with Crippen LogP contribution in [0.1, 0.15) is 21.6 Å². The Kier molecular flexibility index (Phi) is 5.48. The summed E-state index contributed by atoms with van der Waals surface area (Å²) in [7, 11) is 1.49. The summed E-state index contributed by atoms with van der Waals surface area (Å²) >= 11 is 0. The van der Waals surface area contributed by atoms with Crippen LogP contribution in [0.25, 0.3) is 10.9 Å². The number of H-pyrrole nitrogens is 1. The number of methoxy groups -OCH3 is 1. The summed E-state index contributed by atoms with van der Waals surface area (Å²) in [6.45, 7) is 2.15. The van der Waals surface area contributed by atoms with Gasteiger partial charge in [0.25, 0.3) is 5.91 Å². The molecule has 0 aliphatic heterocycles. The first-order valence-electron chi connectivity index (χ1n) is 8.56. The number of aromatic amines is 1. The van der Waals surface area contributed by atoms with Crippen molar-refractivity contribution in [1.29, 1.82) is 0 Å². The summed E-state index contributed by atoms with van der Waals surface area (Å²) in [5.41, 5.74) is 2.77. The monoisotopic (exact) mass is 392 g/mol. The summed E-state index contributed by atoms with van der Waals surface area (Å²) in [5, 5.41) is 3.44. The van der Waals surface area contributed by atoms with Crippen molar-refractivity contribution in [3.05, 3.63) is 59.3 Å². The maximum atomic E-state index is 12.5. The SMILES string of the molecule is COc1ccccc1C(=O)NCCc1c(C)[nH]c2ccc(OC(F)(F)F)cc12. The zero-order valence-electron chi connectivity index (χ0n) is 15.3. The van der Waals surface area contributed by atoms with Gasteiger partial charge in [0, 0.05) is 23.1 Å². The lowest BCUT2D eigenvalue weighted by Gasteiger charge is -2.10. The highest BCUT2D eigenvalue weighted by Crippen LogP contribution is 2.30. The van der Waals surface area contributed by atoms with E-state index in [-0.39, 0.29) is 11.7 Å². The molecule has 0 unspecified atom stereocenters. The lowest BCUT2D eigenvalue weighted by atomic mass is 10.1. The normalized spacial score (nSPS) is 11.5. The molecule has 0 atom stereocenters. The number of halogens is 3. The van der Waals surface area contributed by atoms with E-state index in [0.717, 1.165) is 11.3 Å². The standard InChI is InChI=1S/C20H19F3N2O3/c1-12-14(9-10-24-19(26)15-5-3-4-6-18(15)27-2)16-11-13(28-20(21,22)23)7-8-17(16)25-12/h3-8,11,25H,9-10H2,1-2H3,(H,24,26). The minimum Gasteiger partial charge on any atom is -0.496 e. The summed E-state index contributed by atoms with van der Waals surface area (Å²) in [6, 6.07) is 11.0. The molecule has 2 aromatic carbocycles. The summed E-state index contributed by atoms with van der Waals surface area (Å²) in [6.07, 6.45) is -4.30. The minimum absolute atomic E-state index is 0.279. The van der Waals surface area contributed by atoms with Crippen LogP contribution in [0, 0.1) is 6.92 Å². The number of aromatic nitrogens is 1. The van der Waals surface area contributed by atoms with Gasteiger partial charge in [-0.1, -0.05) is 12.1 Å². The Morgan fingerprint density at radius 3 is 2.64 bits per heavy atom. The van der Waals surface area contributed by atoms with Crippen LogP contribution in [-0.4, -0.2) is 30.9 Å². The molecular formula is C20H19F3N2O3. The van der Waals surface area contributed by atoms with Crippen molar-refractivity contribution in [3.8, 4) is 11.5 Å². The molecule has 2 N–H and O–H groups in total. The van der Waals surface area contributed by atoms with E-state index in [0.29, 0.717) is 35.2 Å².